The van der Waals surface area contributed by atoms with Crippen LogP contribution in [-0.4, -0.2) is 31.6 Å². The van der Waals surface area contributed by atoms with Gasteiger partial charge in [0, 0.05) is 12.6 Å². The second-order valence-electron chi connectivity index (χ2n) is 5.56. The predicted molar refractivity (Wildman–Crippen MR) is 91.0 cm³/mol. The third-order valence-electron chi connectivity index (χ3n) is 4.04. The number of carbonyl (C=O) groups is 1. The summed E-state index contributed by atoms with van der Waals surface area (Å²) in [5.74, 6) is -1.10. The van der Waals surface area contributed by atoms with E-state index in [2.05, 4.69) is 0 Å². The number of hydrogen-bond acceptors (Lipinski definition) is 3. The average molecular weight is 349 g/mol. The maximum atomic E-state index is 13.4. The highest BCUT2D eigenvalue weighted by molar-refractivity contribution is 5.95. The highest BCUT2D eigenvalue weighted by Crippen LogP contribution is 2.30. The van der Waals surface area contributed by atoms with Crippen LogP contribution < -0.4 is 9.47 Å². The molecule has 0 radical (unpaired) electrons. The average Bonchev–Trinajstić information content (AvgIpc) is 2.62. The number of rotatable bonds is 6. The Labute approximate surface area is 146 Å². The van der Waals surface area contributed by atoms with E-state index in [0.29, 0.717) is 29.2 Å². The van der Waals surface area contributed by atoms with E-state index in [9.17, 15) is 13.6 Å². The molecule has 0 aliphatic heterocycles. The van der Waals surface area contributed by atoms with Gasteiger partial charge in [-0.15, -0.1) is 0 Å². The first-order chi connectivity index (χ1) is 11.9. The van der Waals surface area contributed by atoms with Crippen LogP contribution in [0.2, 0.25) is 0 Å². The molecule has 0 N–H and O–H groups in total. The van der Waals surface area contributed by atoms with E-state index in [1.165, 1.54) is 18.1 Å². The molecule has 0 saturated heterocycles. The molecular weight excluding hydrogens is 328 g/mol. The lowest BCUT2D eigenvalue weighted by Gasteiger charge is -2.26. The molecule has 2 aromatic rings. The van der Waals surface area contributed by atoms with Crippen molar-refractivity contribution < 1.29 is 23.0 Å². The number of methoxy groups -OCH3 is 1. The van der Waals surface area contributed by atoms with Crippen molar-refractivity contribution in [2.24, 2.45) is 0 Å². The quantitative estimate of drug-likeness (QED) is 0.784. The molecule has 0 aliphatic carbocycles. The van der Waals surface area contributed by atoms with Crippen molar-refractivity contribution in [2.45, 2.75) is 19.9 Å². The Morgan fingerprint density at radius 1 is 1.12 bits per heavy atom. The molecule has 1 atom stereocenters. The molecule has 134 valence electrons. The van der Waals surface area contributed by atoms with Gasteiger partial charge in [0.2, 0.25) is 0 Å². The third kappa shape index (κ3) is 4.07. The number of halogens is 2. The number of benzene rings is 2. The van der Waals surface area contributed by atoms with E-state index >= 15 is 0 Å². The number of carbonyl (C=O) groups excluding carboxylic acids is 1. The fourth-order valence-corrected chi connectivity index (χ4v) is 2.45. The third-order valence-corrected chi connectivity index (χ3v) is 4.04. The Kier molecular flexibility index (Phi) is 5.96. The van der Waals surface area contributed by atoms with Gasteiger partial charge in [0.1, 0.15) is 0 Å². The second kappa shape index (κ2) is 7.96. The standard InChI is InChI=1S/C19H21F2NO3/c1-5-25-18-11-14(7-9-17(18)24-4)19(23)22(3)12(2)13-6-8-15(20)16(21)10-13/h6-12H,5H2,1-4H3. The summed E-state index contributed by atoms with van der Waals surface area (Å²) in [7, 11) is 3.13. The minimum Gasteiger partial charge on any atom is -0.493 e. The van der Waals surface area contributed by atoms with Gasteiger partial charge in [-0.3, -0.25) is 4.79 Å². The molecule has 1 unspecified atom stereocenters. The summed E-state index contributed by atoms with van der Waals surface area (Å²) in [6.07, 6.45) is 0. The van der Waals surface area contributed by atoms with Gasteiger partial charge in [0.15, 0.2) is 23.1 Å². The van der Waals surface area contributed by atoms with E-state index in [1.807, 2.05) is 6.92 Å². The highest BCUT2D eigenvalue weighted by atomic mass is 19.2. The molecule has 0 saturated carbocycles. The molecule has 6 heteroatoms. The summed E-state index contributed by atoms with van der Waals surface area (Å²) in [5.41, 5.74) is 0.925. The Hall–Kier alpha value is -2.63. The maximum absolute atomic E-state index is 13.4. The van der Waals surface area contributed by atoms with Crippen LogP contribution in [0.3, 0.4) is 0 Å². The van der Waals surface area contributed by atoms with Crippen molar-refractivity contribution in [3.05, 3.63) is 59.2 Å². The van der Waals surface area contributed by atoms with Crippen molar-refractivity contribution in [2.75, 3.05) is 20.8 Å². The van der Waals surface area contributed by atoms with Crippen LogP contribution in [0.5, 0.6) is 11.5 Å². The first-order valence-electron chi connectivity index (χ1n) is 7.92. The van der Waals surface area contributed by atoms with Crippen molar-refractivity contribution in [3.63, 3.8) is 0 Å². The van der Waals surface area contributed by atoms with Gasteiger partial charge in [-0.25, -0.2) is 8.78 Å². The molecular formula is C19H21F2NO3. The lowest BCUT2D eigenvalue weighted by atomic mass is 10.1. The molecule has 0 spiro atoms. The zero-order valence-electron chi connectivity index (χ0n) is 14.7. The zero-order valence-corrected chi connectivity index (χ0v) is 14.7. The van der Waals surface area contributed by atoms with Crippen molar-refractivity contribution in [3.8, 4) is 11.5 Å². The molecule has 0 aliphatic rings. The lowest BCUT2D eigenvalue weighted by molar-refractivity contribution is 0.0742. The Bertz CT molecular complexity index is 764. The molecule has 0 bridgehead atoms. The number of amides is 1. The van der Waals surface area contributed by atoms with Crippen LogP contribution >= 0.6 is 0 Å². The fourth-order valence-electron chi connectivity index (χ4n) is 2.45. The highest BCUT2D eigenvalue weighted by Gasteiger charge is 2.21. The summed E-state index contributed by atoms with van der Waals surface area (Å²) in [5, 5.41) is 0. The SMILES string of the molecule is CCOc1cc(C(=O)N(C)C(C)c2ccc(F)c(F)c2)ccc1OC. The molecule has 2 aromatic carbocycles. The molecule has 25 heavy (non-hydrogen) atoms. The monoisotopic (exact) mass is 349 g/mol. The van der Waals surface area contributed by atoms with E-state index in [4.69, 9.17) is 9.47 Å². The summed E-state index contributed by atoms with van der Waals surface area (Å²) in [4.78, 5) is 14.2. The zero-order chi connectivity index (χ0) is 18.6. The van der Waals surface area contributed by atoms with Gasteiger partial charge in [-0.1, -0.05) is 6.07 Å². The van der Waals surface area contributed by atoms with Crippen LogP contribution in [0, 0.1) is 11.6 Å². The molecule has 1 amide bonds. The van der Waals surface area contributed by atoms with E-state index < -0.39 is 17.7 Å². The number of nitrogens with zero attached hydrogens (tertiary/aromatic N) is 1. The summed E-state index contributed by atoms with van der Waals surface area (Å²) < 4.78 is 37.2. The first-order valence-corrected chi connectivity index (χ1v) is 7.92. The van der Waals surface area contributed by atoms with Crippen molar-refractivity contribution in [1.82, 2.24) is 4.90 Å². The number of hydrogen-bond donors (Lipinski definition) is 0. The second-order valence-corrected chi connectivity index (χ2v) is 5.56. The smallest absolute Gasteiger partial charge is 0.254 e. The molecule has 0 heterocycles. The first kappa shape index (κ1) is 18.7. The van der Waals surface area contributed by atoms with Gasteiger partial charge in [-0.2, -0.15) is 0 Å². The fraction of sp³-hybridized carbons (Fsp3) is 0.316. The predicted octanol–water partition coefficient (Wildman–Crippen LogP) is 4.21. The topological polar surface area (TPSA) is 38.8 Å². The largest absolute Gasteiger partial charge is 0.493 e. The van der Waals surface area contributed by atoms with Gasteiger partial charge in [0.25, 0.3) is 5.91 Å². The van der Waals surface area contributed by atoms with Crippen LogP contribution in [0.15, 0.2) is 36.4 Å². The van der Waals surface area contributed by atoms with E-state index in [0.717, 1.165) is 12.1 Å². The van der Waals surface area contributed by atoms with Crippen LogP contribution in [0.4, 0.5) is 8.78 Å². The van der Waals surface area contributed by atoms with E-state index in [1.54, 1.807) is 32.2 Å². The Morgan fingerprint density at radius 3 is 2.44 bits per heavy atom. The Balaban J connectivity index is 2.26. The van der Waals surface area contributed by atoms with Crippen molar-refractivity contribution in [1.29, 1.82) is 0 Å². The normalized spacial score (nSPS) is 11.8. The minimum atomic E-state index is -0.937. The lowest BCUT2D eigenvalue weighted by Crippen LogP contribution is -2.29. The minimum absolute atomic E-state index is 0.263. The summed E-state index contributed by atoms with van der Waals surface area (Å²) >= 11 is 0. The maximum Gasteiger partial charge on any atom is 0.254 e. The molecule has 0 fully saturated rings. The van der Waals surface area contributed by atoms with Gasteiger partial charge >= 0.3 is 0 Å². The van der Waals surface area contributed by atoms with Gasteiger partial charge < -0.3 is 14.4 Å². The summed E-state index contributed by atoms with van der Waals surface area (Å²) in [6, 6.07) is 8.10. The Morgan fingerprint density at radius 2 is 1.84 bits per heavy atom. The van der Waals surface area contributed by atoms with Gasteiger partial charge in [0.05, 0.1) is 19.8 Å². The van der Waals surface area contributed by atoms with Gasteiger partial charge in [-0.05, 0) is 49.7 Å². The summed E-state index contributed by atoms with van der Waals surface area (Å²) in [6.45, 7) is 4.03. The molecule has 4 nitrogen and oxygen atoms in total. The molecule has 2 rings (SSSR count). The van der Waals surface area contributed by atoms with Crippen LogP contribution in [-0.2, 0) is 0 Å². The van der Waals surface area contributed by atoms with Crippen LogP contribution in [0.1, 0.15) is 35.8 Å². The van der Waals surface area contributed by atoms with Crippen molar-refractivity contribution >= 4 is 5.91 Å². The number of ether oxygens (including phenoxy) is 2. The van der Waals surface area contributed by atoms with E-state index in [-0.39, 0.29) is 5.91 Å². The van der Waals surface area contributed by atoms with Crippen LogP contribution in [0.25, 0.3) is 0 Å². The molecule has 0 aromatic heterocycles.